The molecule has 0 saturated carbocycles. The van der Waals surface area contributed by atoms with Crippen LogP contribution in [0.1, 0.15) is 23.0 Å². The molecule has 96 valence electrons. The second kappa shape index (κ2) is 5.83. The van der Waals surface area contributed by atoms with Crippen LogP contribution in [0.5, 0.6) is 0 Å². The first kappa shape index (κ1) is 12.8. The fourth-order valence-electron chi connectivity index (χ4n) is 1.67. The van der Waals surface area contributed by atoms with Crippen molar-refractivity contribution in [1.29, 1.82) is 5.26 Å². The lowest BCUT2D eigenvalue weighted by Gasteiger charge is -1.98. The molecule has 5 nitrogen and oxygen atoms in total. The van der Waals surface area contributed by atoms with E-state index in [4.69, 9.17) is 10.00 Å². The van der Waals surface area contributed by atoms with Gasteiger partial charge >= 0.3 is 5.97 Å². The molecular formula is C14H13N3O2. The second-order valence-electron chi connectivity index (χ2n) is 3.92. The zero-order valence-electron chi connectivity index (χ0n) is 10.5. The predicted octanol–water partition coefficient (Wildman–Crippen LogP) is 2.32. The van der Waals surface area contributed by atoms with Crippen molar-refractivity contribution in [3.8, 4) is 17.3 Å². The number of carbonyl (C=O) groups excluding carboxylic acids is 1. The smallest absolute Gasteiger partial charge is 0.356 e. The fraction of sp³-hybridized carbons (Fsp3) is 0.214. The highest BCUT2D eigenvalue weighted by atomic mass is 16.5. The van der Waals surface area contributed by atoms with Gasteiger partial charge < -0.3 is 4.74 Å². The topological polar surface area (TPSA) is 78.8 Å². The van der Waals surface area contributed by atoms with Crippen LogP contribution in [0.25, 0.3) is 11.3 Å². The number of H-pyrrole nitrogens is 1. The van der Waals surface area contributed by atoms with E-state index >= 15 is 0 Å². The third-order valence-corrected chi connectivity index (χ3v) is 2.61. The lowest BCUT2D eigenvalue weighted by atomic mass is 10.1. The zero-order valence-corrected chi connectivity index (χ0v) is 10.5. The molecule has 0 amide bonds. The molecule has 0 aliphatic heterocycles. The number of aromatic amines is 1. The predicted molar refractivity (Wildman–Crippen MR) is 69.3 cm³/mol. The Morgan fingerprint density at radius 1 is 1.42 bits per heavy atom. The molecule has 0 unspecified atom stereocenters. The van der Waals surface area contributed by atoms with Gasteiger partial charge in [-0.3, -0.25) is 5.10 Å². The first-order valence-electron chi connectivity index (χ1n) is 5.93. The minimum absolute atomic E-state index is 0.329. The lowest BCUT2D eigenvalue weighted by Crippen LogP contribution is -2.04. The maximum Gasteiger partial charge on any atom is 0.356 e. The Kier molecular flexibility index (Phi) is 3.94. The largest absolute Gasteiger partial charge is 0.461 e. The number of esters is 1. The highest BCUT2D eigenvalue weighted by Gasteiger charge is 2.11. The Morgan fingerprint density at radius 2 is 2.16 bits per heavy atom. The van der Waals surface area contributed by atoms with E-state index in [1.807, 2.05) is 24.3 Å². The Bertz CT molecular complexity index is 608. The number of nitrogens with one attached hydrogen (secondary N) is 1. The molecule has 0 spiro atoms. The molecule has 1 aromatic carbocycles. The van der Waals surface area contributed by atoms with Gasteiger partial charge in [0.05, 0.1) is 24.8 Å². The number of aromatic nitrogens is 2. The number of ether oxygens (including phenoxy) is 1. The van der Waals surface area contributed by atoms with E-state index in [0.717, 1.165) is 11.1 Å². The Hall–Kier alpha value is -2.61. The second-order valence-corrected chi connectivity index (χ2v) is 3.92. The highest BCUT2D eigenvalue weighted by Crippen LogP contribution is 2.18. The normalized spacial score (nSPS) is 9.89. The van der Waals surface area contributed by atoms with Crippen molar-refractivity contribution < 1.29 is 9.53 Å². The minimum atomic E-state index is -0.414. The number of nitrogens with zero attached hydrogens (tertiary/aromatic N) is 2. The third kappa shape index (κ3) is 2.99. The average molecular weight is 255 g/mol. The molecular weight excluding hydrogens is 242 g/mol. The van der Waals surface area contributed by atoms with Crippen LogP contribution < -0.4 is 0 Å². The molecule has 5 heteroatoms. The van der Waals surface area contributed by atoms with E-state index in [1.54, 1.807) is 13.0 Å². The molecule has 0 aliphatic rings. The van der Waals surface area contributed by atoms with Gasteiger partial charge in [0, 0.05) is 5.56 Å². The fourth-order valence-corrected chi connectivity index (χ4v) is 1.67. The van der Waals surface area contributed by atoms with Crippen molar-refractivity contribution in [2.24, 2.45) is 0 Å². The Morgan fingerprint density at radius 3 is 2.79 bits per heavy atom. The van der Waals surface area contributed by atoms with Crippen LogP contribution in [-0.4, -0.2) is 22.8 Å². The van der Waals surface area contributed by atoms with Gasteiger partial charge in [-0.2, -0.15) is 10.4 Å². The van der Waals surface area contributed by atoms with Gasteiger partial charge in [0.15, 0.2) is 0 Å². The number of hydrogen-bond acceptors (Lipinski definition) is 4. The van der Waals surface area contributed by atoms with E-state index in [9.17, 15) is 4.79 Å². The summed E-state index contributed by atoms with van der Waals surface area (Å²) >= 11 is 0. The van der Waals surface area contributed by atoms with E-state index < -0.39 is 5.97 Å². The molecule has 0 saturated heterocycles. The minimum Gasteiger partial charge on any atom is -0.461 e. The van der Waals surface area contributed by atoms with Crippen LogP contribution in [0, 0.1) is 11.3 Å². The first-order chi connectivity index (χ1) is 9.24. The summed E-state index contributed by atoms with van der Waals surface area (Å²) in [6.07, 6.45) is 0.384. The molecule has 19 heavy (non-hydrogen) atoms. The van der Waals surface area contributed by atoms with Gasteiger partial charge in [0.1, 0.15) is 5.69 Å². The SMILES string of the molecule is CCOC(=O)c1cc(-c2ccc(CC#N)cc2)n[nH]1. The van der Waals surface area contributed by atoms with E-state index in [2.05, 4.69) is 16.3 Å². The van der Waals surface area contributed by atoms with Crippen LogP contribution in [0.3, 0.4) is 0 Å². The Balaban J connectivity index is 2.18. The highest BCUT2D eigenvalue weighted by molar-refractivity contribution is 5.88. The lowest BCUT2D eigenvalue weighted by molar-refractivity contribution is 0.0519. The van der Waals surface area contributed by atoms with Crippen molar-refractivity contribution in [1.82, 2.24) is 10.2 Å². The molecule has 1 aromatic heterocycles. The van der Waals surface area contributed by atoms with Crippen LogP contribution in [-0.2, 0) is 11.2 Å². The van der Waals surface area contributed by atoms with Crippen LogP contribution in [0.15, 0.2) is 30.3 Å². The average Bonchev–Trinajstić information content (AvgIpc) is 2.90. The summed E-state index contributed by atoms with van der Waals surface area (Å²) in [5, 5.41) is 15.3. The van der Waals surface area contributed by atoms with Gasteiger partial charge in [-0.1, -0.05) is 24.3 Å². The molecule has 0 radical (unpaired) electrons. The van der Waals surface area contributed by atoms with Gasteiger partial charge in [-0.25, -0.2) is 4.79 Å². The number of nitriles is 1. The van der Waals surface area contributed by atoms with Gasteiger partial charge in [0.25, 0.3) is 0 Å². The summed E-state index contributed by atoms with van der Waals surface area (Å²) in [7, 11) is 0. The monoisotopic (exact) mass is 255 g/mol. The third-order valence-electron chi connectivity index (χ3n) is 2.61. The molecule has 0 aliphatic carbocycles. The summed E-state index contributed by atoms with van der Waals surface area (Å²) in [6.45, 7) is 2.08. The maximum atomic E-state index is 11.5. The van der Waals surface area contributed by atoms with Crippen LogP contribution in [0.2, 0.25) is 0 Å². The molecule has 1 N–H and O–H groups in total. The molecule has 2 aromatic rings. The summed E-state index contributed by atoms with van der Waals surface area (Å²) in [5.41, 5.74) is 2.84. The van der Waals surface area contributed by atoms with E-state index in [0.29, 0.717) is 24.4 Å². The standard InChI is InChI=1S/C14H13N3O2/c1-2-19-14(18)13-9-12(16-17-13)11-5-3-10(4-6-11)7-8-15/h3-6,9H,2,7H2,1H3,(H,16,17). The number of benzene rings is 1. The summed E-state index contributed by atoms with van der Waals surface area (Å²) in [5.74, 6) is -0.414. The molecule has 0 atom stereocenters. The summed E-state index contributed by atoms with van der Waals surface area (Å²) in [6, 6.07) is 11.2. The van der Waals surface area contributed by atoms with Gasteiger partial charge in [0.2, 0.25) is 0 Å². The van der Waals surface area contributed by atoms with Crippen LogP contribution in [0.4, 0.5) is 0 Å². The molecule has 0 fully saturated rings. The van der Waals surface area contributed by atoms with E-state index in [-0.39, 0.29) is 0 Å². The summed E-state index contributed by atoms with van der Waals surface area (Å²) < 4.78 is 4.88. The Labute approximate surface area is 110 Å². The molecule has 2 rings (SSSR count). The van der Waals surface area contributed by atoms with Gasteiger partial charge in [-0.05, 0) is 18.6 Å². The van der Waals surface area contributed by atoms with Crippen molar-refractivity contribution in [3.63, 3.8) is 0 Å². The molecule has 0 bridgehead atoms. The first-order valence-corrected chi connectivity index (χ1v) is 5.93. The van der Waals surface area contributed by atoms with E-state index in [1.165, 1.54) is 0 Å². The molecule has 1 heterocycles. The summed E-state index contributed by atoms with van der Waals surface area (Å²) in [4.78, 5) is 11.5. The van der Waals surface area contributed by atoms with Crippen molar-refractivity contribution in [3.05, 3.63) is 41.6 Å². The number of hydrogen-bond donors (Lipinski definition) is 1. The maximum absolute atomic E-state index is 11.5. The number of rotatable bonds is 4. The quantitative estimate of drug-likeness (QED) is 0.850. The van der Waals surface area contributed by atoms with Crippen molar-refractivity contribution in [2.45, 2.75) is 13.3 Å². The number of carbonyl (C=O) groups is 1. The van der Waals surface area contributed by atoms with Crippen LogP contribution >= 0.6 is 0 Å². The van der Waals surface area contributed by atoms with Gasteiger partial charge in [-0.15, -0.1) is 0 Å². The van der Waals surface area contributed by atoms with Crippen molar-refractivity contribution in [2.75, 3.05) is 6.61 Å². The van der Waals surface area contributed by atoms with Crippen molar-refractivity contribution >= 4 is 5.97 Å². The zero-order chi connectivity index (χ0) is 13.7.